The van der Waals surface area contributed by atoms with Crippen LogP contribution in [-0.4, -0.2) is 12.6 Å². The first-order valence-electron chi connectivity index (χ1n) is 8.35. The molecule has 4 nitrogen and oxygen atoms in total. The third-order valence-corrected chi connectivity index (χ3v) is 4.70. The van der Waals surface area contributed by atoms with Gasteiger partial charge < -0.3 is 14.2 Å². The van der Waals surface area contributed by atoms with Crippen molar-refractivity contribution in [2.24, 2.45) is 0 Å². The third kappa shape index (κ3) is 2.58. The Morgan fingerprint density at radius 3 is 2.20 bits per heavy atom. The first-order chi connectivity index (χ1) is 11.9. The number of hydrogen-bond acceptors (Lipinski definition) is 4. The molecule has 0 aromatic heterocycles. The second-order valence-electron chi connectivity index (χ2n) is 6.73. The fraction of sp³-hybridized carbons (Fsp3) is 0.286. The van der Waals surface area contributed by atoms with Gasteiger partial charge in [0.25, 0.3) is 0 Å². The molecule has 2 heterocycles. The molecule has 2 aliphatic rings. The normalized spacial score (nSPS) is 18.0. The van der Waals surface area contributed by atoms with Crippen LogP contribution in [0.3, 0.4) is 0 Å². The first-order valence-corrected chi connectivity index (χ1v) is 8.35. The summed E-state index contributed by atoms with van der Waals surface area (Å²) in [7, 11) is 0. The fourth-order valence-electron chi connectivity index (χ4n) is 3.81. The molecule has 0 N–H and O–H groups in total. The van der Waals surface area contributed by atoms with Crippen molar-refractivity contribution in [1.29, 1.82) is 0 Å². The molecule has 0 bridgehead atoms. The van der Waals surface area contributed by atoms with Crippen molar-refractivity contribution in [1.82, 2.24) is 0 Å². The zero-order valence-electron chi connectivity index (χ0n) is 14.8. The molecule has 0 unspecified atom stereocenters. The number of Topliss-reactive ketones (excluding diaryl/α,β-unsaturated/α-hetero) is 1. The van der Waals surface area contributed by atoms with Crippen LogP contribution in [0.15, 0.2) is 41.7 Å². The number of ether oxygens (including phenoxy) is 3. The predicted molar refractivity (Wildman–Crippen MR) is 94.3 cm³/mol. The number of rotatable bonds is 2. The van der Waals surface area contributed by atoms with Gasteiger partial charge in [-0.2, -0.15) is 0 Å². The number of carbonyl (C=O) groups is 1. The van der Waals surface area contributed by atoms with Gasteiger partial charge in [-0.1, -0.05) is 29.3 Å². The molecular formula is C21H20O4. The van der Waals surface area contributed by atoms with Crippen molar-refractivity contribution < 1.29 is 19.0 Å². The van der Waals surface area contributed by atoms with Crippen molar-refractivity contribution >= 4 is 5.78 Å². The van der Waals surface area contributed by atoms with Gasteiger partial charge in [0, 0.05) is 23.1 Å². The number of hydrogen-bond donors (Lipinski definition) is 0. The van der Waals surface area contributed by atoms with E-state index in [2.05, 4.69) is 32.0 Å². The Bertz CT molecular complexity index is 903. The van der Waals surface area contributed by atoms with Crippen molar-refractivity contribution in [2.45, 2.75) is 33.6 Å². The van der Waals surface area contributed by atoms with Gasteiger partial charge in [0.1, 0.15) is 11.5 Å². The maximum Gasteiger partial charge on any atom is 0.231 e. The molecule has 2 aromatic carbocycles. The minimum Gasteiger partial charge on any atom is -0.461 e. The minimum absolute atomic E-state index is 0.0185. The number of aryl methyl sites for hydroxylation is 2. The maximum absolute atomic E-state index is 12.4. The number of carbonyl (C=O) groups excluding carboxylic acids is 1. The lowest BCUT2D eigenvalue weighted by molar-refractivity contribution is -0.114. The monoisotopic (exact) mass is 336 g/mol. The van der Waals surface area contributed by atoms with Crippen LogP contribution >= 0.6 is 0 Å². The molecule has 0 radical (unpaired) electrons. The average molecular weight is 336 g/mol. The third-order valence-electron chi connectivity index (χ3n) is 4.70. The summed E-state index contributed by atoms with van der Waals surface area (Å²) in [5, 5.41) is 0. The zero-order chi connectivity index (χ0) is 17.7. The van der Waals surface area contributed by atoms with E-state index in [1.54, 1.807) is 6.92 Å². The summed E-state index contributed by atoms with van der Waals surface area (Å²) < 4.78 is 17.0. The average Bonchev–Trinajstić information content (AvgIpc) is 2.97. The van der Waals surface area contributed by atoms with Gasteiger partial charge >= 0.3 is 0 Å². The van der Waals surface area contributed by atoms with E-state index in [0.717, 1.165) is 16.9 Å². The molecule has 0 spiro atoms. The van der Waals surface area contributed by atoms with E-state index in [4.69, 9.17) is 14.2 Å². The Labute approximate surface area is 147 Å². The summed E-state index contributed by atoms with van der Waals surface area (Å²) in [4.78, 5) is 12.4. The molecule has 4 rings (SSSR count). The minimum atomic E-state index is -0.172. The standard InChI is InChI=1S/C21H20O4/c1-11-5-12(2)7-15(6-11)21-16-8-18-19(24-10-23-18)9-17(16)25-14(4)20(21)13(3)22/h5-9,21H,10H2,1-4H3/t21-/m0/s1. The van der Waals surface area contributed by atoms with Crippen LogP contribution in [0, 0.1) is 13.8 Å². The van der Waals surface area contributed by atoms with E-state index in [9.17, 15) is 4.79 Å². The van der Waals surface area contributed by atoms with Crippen LogP contribution in [-0.2, 0) is 4.79 Å². The molecule has 0 aliphatic carbocycles. The van der Waals surface area contributed by atoms with Gasteiger partial charge in [0.05, 0.1) is 0 Å². The summed E-state index contributed by atoms with van der Waals surface area (Å²) in [6, 6.07) is 10.2. The lowest BCUT2D eigenvalue weighted by Gasteiger charge is -2.29. The van der Waals surface area contributed by atoms with Crippen LogP contribution in [0.25, 0.3) is 0 Å². The van der Waals surface area contributed by atoms with Crippen LogP contribution in [0.5, 0.6) is 17.2 Å². The Balaban J connectivity index is 1.97. The number of ketones is 1. The Morgan fingerprint density at radius 1 is 0.920 bits per heavy atom. The molecule has 128 valence electrons. The molecule has 1 atom stereocenters. The highest BCUT2D eigenvalue weighted by molar-refractivity contribution is 5.97. The van der Waals surface area contributed by atoms with Crippen molar-refractivity contribution in [3.63, 3.8) is 0 Å². The van der Waals surface area contributed by atoms with Crippen molar-refractivity contribution in [3.8, 4) is 17.2 Å². The van der Waals surface area contributed by atoms with Crippen LogP contribution in [0.2, 0.25) is 0 Å². The van der Waals surface area contributed by atoms with Gasteiger partial charge in [0.2, 0.25) is 6.79 Å². The summed E-state index contributed by atoms with van der Waals surface area (Å²) in [6.07, 6.45) is 0. The Morgan fingerprint density at radius 2 is 1.56 bits per heavy atom. The smallest absolute Gasteiger partial charge is 0.231 e. The molecule has 0 amide bonds. The molecule has 2 aromatic rings. The number of benzene rings is 2. The lowest BCUT2D eigenvalue weighted by Crippen LogP contribution is -2.20. The lowest BCUT2D eigenvalue weighted by atomic mass is 9.80. The van der Waals surface area contributed by atoms with E-state index >= 15 is 0 Å². The Hall–Kier alpha value is -2.75. The van der Waals surface area contributed by atoms with Crippen LogP contribution in [0.4, 0.5) is 0 Å². The molecule has 0 saturated carbocycles. The van der Waals surface area contributed by atoms with E-state index in [1.807, 2.05) is 19.1 Å². The van der Waals surface area contributed by atoms with E-state index in [1.165, 1.54) is 11.1 Å². The van der Waals surface area contributed by atoms with Gasteiger partial charge in [-0.3, -0.25) is 4.79 Å². The highest BCUT2D eigenvalue weighted by Crippen LogP contribution is 2.48. The molecule has 0 fully saturated rings. The highest BCUT2D eigenvalue weighted by atomic mass is 16.7. The van der Waals surface area contributed by atoms with Gasteiger partial charge in [0.15, 0.2) is 17.3 Å². The van der Waals surface area contributed by atoms with Crippen LogP contribution in [0.1, 0.15) is 42.0 Å². The quantitative estimate of drug-likeness (QED) is 0.814. The van der Waals surface area contributed by atoms with Crippen molar-refractivity contribution in [3.05, 3.63) is 63.9 Å². The van der Waals surface area contributed by atoms with Crippen molar-refractivity contribution in [2.75, 3.05) is 6.79 Å². The maximum atomic E-state index is 12.4. The SMILES string of the molecule is CC(=O)C1=C(C)Oc2cc3c(cc2[C@@H]1c1cc(C)cc(C)c1)OCO3. The predicted octanol–water partition coefficient (Wildman–Crippen LogP) is 4.42. The van der Waals surface area contributed by atoms with Gasteiger partial charge in [-0.15, -0.1) is 0 Å². The molecule has 0 saturated heterocycles. The molecule has 4 heteroatoms. The topological polar surface area (TPSA) is 44.8 Å². The fourth-order valence-corrected chi connectivity index (χ4v) is 3.81. The first kappa shape index (κ1) is 15.8. The van der Waals surface area contributed by atoms with Gasteiger partial charge in [-0.25, -0.2) is 0 Å². The number of fused-ring (bicyclic) bond motifs is 2. The zero-order valence-corrected chi connectivity index (χ0v) is 14.8. The summed E-state index contributed by atoms with van der Waals surface area (Å²) in [6.45, 7) is 7.79. The van der Waals surface area contributed by atoms with Gasteiger partial charge in [-0.05, 0) is 39.3 Å². The van der Waals surface area contributed by atoms with E-state index < -0.39 is 0 Å². The summed E-state index contributed by atoms with van der Waals surface area (Å²) >= 11 is 0. The second kappa shape index (κ2) is 5.66. The summed E-state index contributed by atoms with van der Waals surface area (Å²) in [5.41, 5.74) is 5.06. The largest absolute Gasteiger partial charge is 0.461 e. The Kier molecular flexibility index (Phi) is 3.57. The van der Waals surface area contributed by atoms with E-state index in [0.29, 0.717) is 22.8 Å². The molecular weight excluding hydrogens is 316 g/mol. The summed E-state index contributed by atoms with van der Waals surface area (Å²) in [5.74, 6) is 2.58. The molecule has 2 aliphatic heterocycles. The second-order valence-corrected chi connectivity index (χ2v) is 6.73. The van der Waals surface area contributed by atoms with Crippen LogP contribution < -0.4 is 14.2 Å². The molecule has 25 heavy (non-hydrogen) atoms. The number of allylic oxidation sites excluding steroid dienone is 2. The van der Waals surface area contributed by atoms with E-state index in [-0.39, 0.29) is 18.5 Å². The highest BCUT2D eigenvalue weighted by Gasteiger charge is 2.34.